The van der Waals surface area contributed by atoms with Crippen LogP contribution in [0.15, 0.2) is 24.7 Å². The van der Waals surface area contributed by atoms with E-state index in [0.29, 0.717) is 6.61 Å². The summed E-state index contributed by atoms with van der Waals surface area (Å²) < 4.78 is 7.15. The van der Waals surface area contributed by atoms with Crippen LogP contribution in [-0.4, -0.2) is 34.3 Å². The Morgan fingerprint density at radius 3 is 2.84 bits per heavy atom. The third kappa shape index (κ3) is 3.32. The summed E-state index contributed by atoms with van der Waals surface area (Å²) in [5, 5.41) is 3.35. The quantitative estimate of drug-likeness (QED) is 0.896. The van der Waals surface area contributed by atoms with Gasteiger partial charge in [-0.1, -0.05) is 0 Å². The number of ether oxygens (including phenoxy) is 1. The van der Waals surface area contributed by atoms with Crippen molar-refractivity contribution in [3.8, 4) is 5.69 Å². The summed E-state index contributed by atoms with van der Waals surface area (Å²) >= 11 is 0. The number of imidazole rings is 1. The first kappa shape index (κ1) is 13.5. The van der Waals surface area contributed by atoms with Crippen molar-refractivity contribution in [3.63, 3.8) is 0 Å². The molecule has 2 aromatic rings. The molecule has 0 aliphatic heterocycles. The van der Waals surface area contributed by atoms with Gasteiger partial charge in [-0.3, -0.25) is 9.55 Å². The molecule has 0 aliphatic carbocycles. The van der Waals surface area contributed by atoms with Crippen LogP contribution in [0.25, 0.3) is 5.69 Å². The third-order valence-electron chi connectivity index (χ3n) is 2.76. The van der Waals surface area contributed by atoms with Crippen molar-refractivity contribution in [2.24, 2.45) is 0 Å². The van der Waals surface area contributed by atoms with E-state index in [0.717, 1.165) is 22.9 Å². The van der Waals surface area contributed by atoms with E-state index in [1.165, 1.54) is 0 Å². The van der Waals surface area contributed by atoms with E-state index in [-0.39, 0.29) is 6.04 Å². The summed E-state index contributed by atoms with van der Waals surface area (Å²) in [6.07, 6.45) is 5.67. The van der Waals surface area contributed by atoms with Crippen molar-refractivity contribution in [3.05, 3.63) is 35.9 Å². The number of hydrogen-bond acceptors (Lipinski definition) is 4. The van der Waals surface area contributed by atoms with Gasteiger partial charge in [-0.25, -0.2) is 4.98 Å². The second kappa shape index (κ2) is 5.84. The van der Waals surface area contributed by atoms with Gasteiger partial charge in [0, 0.05) is 25.5 Å². The predicted molar refractivity (Wildman–Crippen MR) is 75.8 cm³/mol. The number of hydrogen-bond donors (Lipinski definition) is 1. The summed E-state index contributed by atoms with van der Waals surface area (Å²) in [5.74, 6) is 0.814. The predicted octanol–water partition coefficient (Wildman–Crippen LogP) is 2.33. The van der Waals surface area contributed by atoms with Gasteiger partial charge in [-0.15, -0.1) is 0 Å². The highest BCUT2D eigenvalue weighted by molar-refractivity contribution is 5.43. The average molecular weight is 260 g/mol. The minimum Gasteiger partial charge on any atom is -0.383 e. The van der Waals surface area contributed by atoms with Gasteiger partial charge >= 0.3 is 0 Å². The lowest BCUT2D eigenvalue weighted by atomic mass is 10.3. The topological polar surface area (TPSA) is 52.0 Å². The zero-order valence-corrected chi connectivity index (χ0v) is 11.8. The number of aromatic nitrogens is 3. The Hall–Kier alpha value is -1.88. The lowest BCUT2D eigenvalue weighted by molar-refractivity contribution is 0.190. The SMILES string of the molecule is COCC(C)Nc1nc(C)cn1-c1cncc(C)c1. The van der Waals surface area contributed by atoms with Crippen LogP contribution in [0, 0.1) is 13.8 Å². The van der Waals surface area contributed by atoms with Crippen LogP contribution in [0.3, 0.4) is 0 Å². The lowest BCUT2D eigenvalue weighted by Crippen LogP contribution is -2.22. The molecular weight excluding hydrogens is 240 g/mol. The zero-order valence-electron chi connectivity index (χ0n) is 11.8. The van der Waals surface area contributed by atoms with Crippen molar-refractivity contribution in [2.75, 3.05) is 19.0 Å². The minimum absolute atomic E-state index is 0.198. The molecule has 5 heteroatoms. The maximum absolute atomic E-state index is 5.14. The number of methoxy groups -OCH3 is 1. The smallest absolute Gasteiger partial charge is 0.208 e. The first-order chi connectivity index (χ1) is 9.10. The Bertz CT molecular complexity index is 550. The maximum Gasteiger partial charge on any atom is 0.208 e. The molecule has 5 nitrogen and oxygen atoms in total. The molecule has 2 aromatic heterocycles. The molecule has 0 amide bonds. The van der Waals surface area contributed by atoms with Gasteiger partial charge in [0.25, 0.3) is 0 Å². The van der Waals surface area contributed by atoms with Crippen molar-refractivity contribution < 1.29 is 4.74 Å². The highest BCUT2D eigenvalue weighted by atomic mass is 16.5. The summed E-state index contributed by atoms with van der Waals surface area (Å²) in [5.41, 5.74) is 3.10. The first-order valence-electron chi connectivity index (χ1n) is 6.33. The summed E-state index contributed by atoms with van der Waals surface area (Å²) in [7, 11) is 1.69. The molecule has 0 bridgehead atoms. The Balaban J connectivity index is 2.30. The van der Waals surface area contributed by atoms with Crippen LogP contribution in [-0.2, 0) is 4.74 Å². The zero-order chi connectivity index (χ0) is 13.8. The van der Waals surface area contributed by atoms with Crippen LogP contribution in [0.4, 0.5) is 5.95 Å². The largest absolute Gasteiger partial charge is 0.383 e. The van der Waals surface area contributed by atoms with Gasteiger partial charge < -0.3 is 10.1 Å². The van der Waals surface area contributed by atoms with Crippen molar-refractivity contribution >= 4 is 5.95 Å². The van der Waals surface area contributed by atoms with Gasteiger partial charge in [-0.05, 0) is 32.4 Å². The normalized spacial score (nSPS) is 12.4. The van der Waals surface area contributed by atoms with Gasteiger partial charge in [0.05, 0.1) is 24.2 Å². The van der Waals surface area contributed by atoms with Crippen LogP contribution in [0.2, 0.25) is 0 Å². The van der Waals surface area contributed by atoms with Gasteiger partial charge in [-0.2, -0.15) is 0 Å². The summed E-state index contributed by atoms with van der Waals surface area (Å²) in [6, 6.07) is 2.28. The Kier molecular flexibility index (Phi) is 4.16. The minimum atomic E-state index is 0.198. The van der Waals surface area contributed by atoms with Crippen LogP contribution >= 0.6 is 0 Å². The van der Waals surface area contributed by atoms with E-state index >= 15 is 0 Å². The molecular formula is C14H20N4O. The highest BCUT2D eigenvalue weighted by Gasteiger charge is 2.10. The van der Waals surface area contributed by atoms with Gasteiger partial charge in [0.15, 0.2) is 0 Å². The number of pyridine rings is 1. The van der Waals surface area contributed by atoms with Crippen LogP contribution in [0.1, 0.15) is 18.2 Å². The van der Waals surface area contributed by atoms with E-state index in [9.17, 15) is 0 Å². The average Bonchev–Trinajstić information content (AvgIpc) is 2.70. The van der Waals surface area contributed by atoms with Crippen molar-refractivity contribution in [1.82, 2.24) is 14.5 Å². The van der Waals surface area contributed by atoms with Crippen molar-refractivity contribution in [2.45, 2.75) is 26.8 Å². The fraction of sp³-hybridized carbons (Fsp3) is 0.429. The Morgan fingerprint density at radius 1 is 1.37 bits per heavy atom. The number of nitrogens with zero attached hydrogens (tertiary/aromatic N) is 3. The molecule has 0 aliphatic rings. The first-order valence-corrected chi connectivity index (χ1v) is 6.33. The molecule has 19 heavy (non-hydrogen) atoms. The molecule has 1 unspecified atom stereocenters. The number of nitrogens with one attached hydrogen (secondary N) is 1. The summed E-state index contributed by atoms with van der Waals surface area (Å²) in [4.78, 5) is 8.73. The van der Waals surface area contributed by atoms with E-state index in [2.05, 4.69) is 28.3 Å². The van der Waals surface area contributed by atoms with E-state index in [4.69, 9.17) is 4.74 Å². The molecule has 102 valence electrons. The third-order valence-corrected chi connectivity index (χ3v) is 2.76. The number of anilines is 1. The molecule has 0 spiro atoms. The van der Waals surface area contributed by atoms with E-state index < -0.39 is 0 Å². The van der Waals surface area contributed by atoms with E-state index in [1.54, 1.807) is 7.11 Å². The Labute approximate surface area is 113 Å². The monoisotopic (exact) mass is 260 g/mol. The number of aryl methyl sites for hydroxylation is 2. The van der Waals surface area contributed by atoms with Gasteiger partial charge in [0.1, 0.15) is 0 Å². The van der Waals surface area contributed by atoms with Gasteiger partial charge in [0.2, 0.25) is 5.95 Å². The van der Waals surface area contributed by atoms with Crippen LogP contribution < -0.4 is 5.32 Å². The molecule has 2 rings (SSSR count). The second-order valence-electron chi connectivity index (χ2n) is 4.80. The fourth-order valence-corrected chi connectivity index (χ4v) is 1.98. The molecule has 0 aromatic carbocycles. The molecule has 2 heterocycles. The van der Waals surface area contributed by atoms with Crippen molar-refractivity contribution in [1.29, 1.82) is 0 Å². The second-order valence-corrected chi connectivity index (χ2v) is 4.80. The maximum atomic E-state index is 5.14. The lowest BCUT2D eigenvalue weighted by Gasteiger charge is -2.15. The standard InChI is InChI=1S/C14H20N4O/c1-10-5-13(7-15-6-10)18-8-11(2)16-14(18)17-12(3)9-19-4/h5-8,12H,9H2,1-4H3,(H,16,17). The molecule has 1 atom stereocenters. The summed E-state index contributed by atoms with van der Waals surface area (Å²) in [6.45, 7) is 6.71. The van der Waals surface area contributed by atoms with Crippen LogP contribution in [0.5, 0.6) is 0 Å². The number of rotatable bonds is 5. The molecule has 0 saturated carbocycles. The fourth-order valence-electron chi connectivity index (χ4n) is 1.98. The molecule has 0 radical (unpaired) electrons. The molecule has 1 N–H and O–H groups in total. The molecule has 0 saturated heterocycles. The Morgan fingerprint density at radius 2 is 2.16 bits per heavy atom. The molecule has 0 fully saturated rings. The van der Waals surface area contributed by atoms with E-state index in [1.807, 2.05) is 37.0 Å². The highest BCUT2D eigenvalue weighted by Crippen LogP contribution is 2.17.